The third kappa shape index (κ3) is 2.86. The van der Waals surface area contributed by atoms with Crippen LogP contribution in [-0.4, -0.2) is 35.7 Å². The van der Waals surface area contributed by atoms with E-state index < -0.39 is 0 Å². The maximum absolute atomic E-state index is 5.28. The SMILES string of the molecule is CCOC(=S)c1cnc(C)nc1N(C)C. The fourth-order valence-corrected chi connectivity index (χ4v) is 1.41. The molecular weight excluding hydrogens is 210 g/mol. The molecule has 0 spiro atoms. The first-order valence-electron chi connectivity index (χ1n) is 4.74. The van der Waals surface area contributed by atoms with Crippen LogP contribution in [0.4, 0.5) is 5.82 Å². The predicted octanol–water partition coefficient (Wildman–Crippen LogP) is 1.56. The Hall–Kier alpha value is -1.23. The largest absolute Gasteiger partial charge is 0.483 e. The molecule has 0 N–H and O–H groups in total. The van der Waals surface area contributed by atoms with Crippen molar-refractivity contribution >= 4 is 23.1 Å². The summed E-state index contributed by atoms with van der Waals surface area (Å²) in [4.78, 5) is 10.3. The molecule has 0 saturated heterocycles. The molecule has 1 heterocycles. The molecule has 4 nitrogen and oxygen atoms in total. The van der Waals surface area contributed by atoms with Crippen molar-refractivity contribution in [3.63, 3.8) is 0 Å². The van der Waals surface area contributed by atoms with Crippen molar-refractivity contribution in [2.24, 2.45) is 0 Å². The molecule has 0 bridgehead atoms. The van der Waals surface area contributed by atoms with Crippen molar-refractivity contribution in [2.45, 2.75) is 13.8 Å². The van der Waals surface area contributed by atoms with Crippen LogP contribution in [0.1, 0.15) is 18.3 Å². The summed E-state index contributed by atoms with van der Waals surface area (Å²) in [5.74, 6) is 1.52. The highest BCUT2D eigenvalue weighted by Crippen LogP contribution is 2.16. The quantitative estimate of drug-likeness (QED) is 0.730. The number of anilines is 1. The minimum Gasteiger partial charge on any atom is -0.483 e. The average molecular weight is 225 g/mol. The van der Waals surface area contributed by atoms with E-state index in [0.717, 1.165) is 17.2 Å². The molecule has 1 rings (SSSR count). The van der Waals surface area contributed by atoms with E-state index in [1.807, 2.05) is 32.8 Å². The molecular formula is C10H15N3OS. The molecule has 0 fully saturated rings. The molecule has 0 aliphatic heterocycles. The second-order valence-corrected chi connectivity index (χ2v) is 3.64. The van der Waals surface area contributed by atoms with Gasteiger partial charge in [-0.05, 0) is 26.1 Å². The molecule has 0 aliphatic carbocycles. The number of ether oxygens (including phenoxy) is 1. The van der Waals surface area contributed by atoms with Crippen molar-refractivity contribution in [1.82, 2.24) is 9.97 Å². The molecule has 0 radical (unpaired) electrons. The van der Waals surface area contributed by atoms with Crippen LogP contribution in [0, 0.1) is 6.92 Å². The van der Waals surface area contributed by atoms with E-state index in [-0.39, 0.29) is 0 Å². The lowest BCUT2D eigenvalue weighted by Crippen LogP contribution is -2.17. The van der Waals surface area contributed by atoms with Crippen LogP contribution in [0.2, 0.25) is 0 Å². The number of aryl methyl sites for hydroxylation is 1. The summed E-state index contributed by atoms with van der Waals surface area (Å²) in [5.41, 5.74) is 0.766. The standard InChI is InChI=1S/C10H15N3OS/c1-5-14-10(15)8-6-11-7(2)12-9(8)13(3)4/h6H,5H2,1-4H3. The van der Waals surface area contributed by atoms with Crippen molar-refractivity contribution in [3.8, 4) is 0 Å². The Morgan fingerprint density at radius 2 is 2.20 bits per heavy atom. The van der Waals surface area contributed by atoms with Crippen LogP contribution >= 0.6 is 12.2 Å². The van der Waals surface area contributed by atoms with Gasteiger partial charge in [-0.1, -0.05) is 0 Å². The Bertz CT molecular complexity index is 366. The first-order valence-corrected chi connectivity index (χ1v) is 5.15. The van der Waals surface area contributed by atoms with E-state index >= 15 is 0 Å². The van der Waals surface area contributed by atoms with Gasteiger partial charge in [-0.25, -0.2) is 9.97 Å². The third-order valence-corrected chi connectivity index (χ3v) is 2.15. The molecule has 0 amide bonds. The van der Waals surface area contributed by atoms with E-state index in [1.54, 1.807) is 6.20 Å². The van der Waals surface area contributed by atoms with E-state index in [4.69, 9.17) is 17.0 Å². The Labute approximate surface area is 95.3 Å². The Morgan fingerprint density at radius 3 is 2.73 bits per heavy atom. The first-order chi connectivity index (χ1) is 7.06. The van der Waals surface area contributed by atoms with E-state index in [1.165, 1.54) is 0 Å². The van der Waals surface area contributed by atoms with Gasteiger partial charge in [0.25, 0.3) is 0 Å². The minimum atomic E-state index is 0.446. The lowest BCUT2D eigenvalue weighted by atomic mass is 10.3. The van der Waals surface area contributed by atoms with Crippen LogP contribution in [0.5, 0.6) is 0 Å². The summed E-state index contributed by atoms with van der Waals surface area (Å²) >= 11 is 5.14. The van der Waals surface area contributed by atoms with Gasteiger partial charge in [-0.3, -0.25) is 0 Å². The van der Waals surface area contributed by atoms with E-state index in [9.17, 15) is 0 Å². The number of rotatable bonds is 3. The van der Waals surface area contributed by atoms with Crippen molar-refractivity contribution in [2.75, 3.05) is 25.6 Å². The van der Waals surface area contributed by atoms with Crippen LogP contribution in [0.25, 0.3) is 0 Å². The summed E-state index contributed by atoms with van der Waals surface area (Å²) in [6.45, 7) is 4.30. The van der Waals surface area contributed by atoms with Crippen molar-refractivity contribution < 1.29 is 4.74 Å². The monoisotopic (exact) mass is 225 g/mol. The highest BCUT2D eigenvalue weighted by atomic mass is 32.1. The van der Waals surface area contributed by atoms with E-state index in [2.05, 4.69) is 9.97 Å². The van der Waals surface area contributed by atoms with Gasteiger partial charge in [0.2, 0.25) is 0 Å². The normalized spacial score (nSPS) is 9.87. The number of hydrogen-bond donors (Lipinski definition) is 0. The summed E-state index contributed by atoms with van der Waals surface area (Å²) in [5, 5.41) is 0.446. The molecule has 0 saturated carbocycles. The molecule has 0 atom stereocenters. The molecule has 0 unspecified atom stereocenters. The van der Waals surface area contributed by atoms with Gasteiger partial charge < -0.3 is 9.64 Å². The van der Waals surface area contributed by atoms with Crippen LogP contribution < -0.4 is 4.90 Å². The van der Waals surface area contributed by atoms with Gasteiger partial charge in [0, 0.05) is 20.3 Å². The fourth-order valence-electron chi connectivity index (χ4n) is 1.15. The van der Waals surface area contributed by atoms with Gasteiger partial charge in [0.1, 0.15) is 11.6 Å². The Balaban J connectivity index is 3.11. The summed E-state index contributed by atoms with van der Waals surface area (Å²) in [6.07, 6.45) is 1.70. The fraction of sp³-hybridized carbons (Fsp3) is 0.500. The maximum atomic E-state index is 5.28. The zero-order valence-electron chi connectivity index (χ0n) is 9.44. The molecule has 15 heavy (non-hydrogen) atoms. The van der Waals surface area contributed by atoms with Gasteiger partial charge in [0.15, 0.2) is 5.05 Å². The molecule has 0 aliphatic rings. The van der Waals surface area contributed by atoms with Gasteiger partial charge >= 0.3 is 0 Å². The summed E-state index contributed by atoms with van der Waals surface area (Å²) < 4.78 is 5.28. The topological polar surface area (TPSA) is 38.3 Å². The smallest absolute Gasteiger partial charge is 0.196 e. The zero-order chi connectivity index (χ0) is 11.4. The average Bonchev–Trinajstić information content (AvgIpc) is 2.17. The number of hydrogen-bond acceptors (Lipinski definition) is 5. The maximum Gasteiger partial charge on any atom is 0.196 e. The van der Waals surface area contributed by atoms with Gasteiger partial charge in [0.05, 0.1) is 12.2 Å². The third-order valence-electron chi connectivity index (χ3n) is 1.81. The predicted molar refractivity (Wildman–Crippen MR) is 64.4 cm³/mol. The first kappa shape index (κ1) is 11.8. The minimum absolute atomic E-state index is 0.446. The van der Waals surface area contributed by atoms with Crippen LogP contribution in [-0.2, 0) is 4.74 Å². The second kappa shape index (κ2) is 5.02. The molecule has 1 aromatic rings. The summed E-state index contributed by atoms with van der Waals surface area (Å²) in [7, 11) is 3.83. The molecule has 1 aromatic heterocycles. The number of thiocarbonyl (C=S) groups is 1. The summed E-state index contributed by atoms with van der Waals surface area (Å²) in [6, 6.07) is 0. The highest BCUT2D eigenvalue weighted by molar-refractivity contribution is 7.80. The van der Waals surface area contributed by atoms with Crippen molar-refractivity contribution in [3.05, 3.63) is 17.6 Å². The number of nitrogens with zero attached hydrogens (tertiary/aromatic N) is 3. The molecule has 82 valence electrons. The molecule has 0 aromatic carbocycles. The van der Waals surface area contributed by atoms with Crippen LogP contribution in [0.3, 0.4) is 0 Å². The second-order valence-electron chi connectivity index (χ2n) is 3.27. The number of aromatic nitrogens is 2. The van der Waals surface area contributed by atoms with Gasteiger partial charge in [-0.15, -0.1) is 0 Å². The lowest BCUT2D eigenvalue weighted by Gasteiger charge is -2.16. The lowest BCUT2D eigenvalue weighted by molar-refractivity contribution is 0.337. The van der Waals surface area contributed by atoms with Crippen LogP contribution in [0.15, 0.2) is 6.20 Å². The molecule has 5 heteroatoms. The van der Waals surface area contributed by atoms with E-state index in [0.29, 0.717) is 11.7 Å². The Morgan fingerprint density at radius 1 is 1.53 bits per heavy atom. The zero-order valence-corrected chi connectivity index (χ0v) is 10.3. The van der Waals surface area contributed by atoms with Crippen molar-refractivity contribution in [1.29, 1.82) is 0 Å². The Kier molecular flexibility index (Phi) is 3.96. The van der Waals surface area contributed by atoms with Gasteiger partial charge in [-0.2, -0.15) is 0 Å². The highest BCUT2D eigenvalue weighted by Gasteiger charge is 2.12.